The Kier molecular flexibility index (Phi) is 6.99. The summed E-state index contributed by atoms with van der Waals surface area (Å²) in [5.41, 5.74) is 7.24. The average Bonchev–Trinajstić information content (AvgIpc) is 3.48. The van der Waals surface area contributed by atoms with Gasteiger partial charge in [0.05, 0.1) is 6.10 Å². The van der Waals surface area contributed by atoms with Crippen LogP contribution < -0.4 is 0 Å². The number of thiophene rings is 1. The predicted molar refractivity (Wildman–Crippen MR) is 146 cm³/mol. The van der Waals surface area contributed by atoms with Crippen LogP contribution in [0.4, 0.5) is 0 Å². The van der Waals surface area contributed by atoms with Gasteiger partial charge in [0.15, 0.2) is 0 Å². The van der Waals surface area contributed by atoms with Gasteiger partial charge in [-0.25, -0.2) is 0 Å². The standard InChI is InChI=1S/C32H32O2S/c1-23(33)22-32(19-20-32)28-16-14-26(15-17-28)25-10-12-27(13-11-25)31-29(18-21-35-31)30(34)9-5-8-24-6-3-2-4-7-24/h2-4,6-7,10-18,21,30,34H,5,8-9,19-20,22H2,1H3. The molecule has 1 unspecified atom stereocenters. The van der Waals surface area contributed by atoms with Crippen LogP contribution in [0.15, 0.2) is 90.3 Å². The number of benzene rings is 3. The molecule has 0 radical (unpaired) electrons. The normalized spacial score (nSPS) is 15.0. The summed E-state index contributed by atoms with van der Waals surface area (Å²) < 4.78 is 0. The minimum Gasteiger partial charge on any atom is -0.388 e. The minimum atomic E-state index is -0.447. The molecule has 35 heavy (non-hydrogen) atoms. The van der Waals surface area contributed by atoms with Crippen molar-refractivity contribution >= 4 is 17.1 Å². The Balaban J connectivity index is 1.25. The number of carbonyl (C=O) groups excluding carboxylic acids is 1. The Hall–Kier alpha value is -3.01. The molecular weight excluding hydrogens is 448 g/mol. The molecule has 1 atom stereocenters. The zero-order valence-electron chi connectivity index (χ0n) is 20.2. The lowest BCUT2D eigenvalue weighted by molar-refractivity contribution is -0.117. The van der Waals surface area contributed by atoms with E-state index in [0.29, 0.717) is 6.42 Å². The molecule has 1 aliphatic carbocycles. The maximum Gasteiger partial charge on any atom is 0.130 e. The van der Waals surface area contributed by atoms with Gasteiger partial charge in [0.25, 0.3) is 0 Å². The van der Waals surface area contributed by atoms with E-state index in [1.807, 2.05) is 6.07 Å². The fourth-order valence-corrected chi connectivity index (χ4v) is 6.10. The Labute approximate surface area is 212 Å². The van der Waals surface area contributed by atoms with Crippen molar-refractivity contribution in [3.8, 4) is 21.6 Å². The van der Waals surface area contributed by atoms with Gasteiger partial charge in [-0.05, 0) is 83.9 Å². The van der Waals surface area contributed by atoms with Crippen LogP contribution >= 0.6 is 11.3 Å². The molecular formula is C32H32O2S. The number of aliphatic hydroxyl groups is 1. The maximum atomic E-state index is 11.7. The van der Waals surface area contributed by atoms with Crippen molar-refractivity contribution in [3.63, 3.8) is 0 Å². The summed E-state index contributed by atoms with van der Waals surface area (Å²) in [7, 11) is 0. The minimum absolute atomic E-state index is 0.0890. The van der Waals surface area contributed by atoms with Gasteiger partial charge in [-0.2, -0.15) is 0 Å². The third-order valence-corrected chi connectivity index (χ3v) is 8.24. The first-order chi connectivity index (χ1) is 17.0. The van der Waals surface area contributed by atoms with Crippen LogP contribution in [0.25, 0.3) is 21.6 Å². The van der Waals surface area contributed by atoms with Crippen LogP contribution in [0.2, 0.25) is 0 Å². The smallest absolute Gasteiger partial charge is 0.130 e. The van der Waals surface area contributed by atoms with Crippen molar-refractivity contribution in [1.29, 1.82) is 0 Å². The molecule has 2 nitrogen and oxygen atoms in total. The van der Waals surface area contributed by atoms with E-state index >= 15 is 0 Å². The number of aryl methyl sites for hydroxylation is 1. The molecule has 1 N–H and O–H groups in total. The molecule has 4 aromatic rings. The fourth-order valence-electron chi connectivity index (χ4n) is 5.14. The highest BCUT2D eigenvalue weighted by molar-refractivity contribution is 7.13. The molecule has 1 aliphatic rings. The van der Waals surface area contributed by atoms with Crippen LogP contribution in [0, 0.1) is 0 Å². The van der Waals surface area contributed by atoms with Gasteiger partial charge in [0.2, 0.25) is 0 Å². The van der Waals surface area contributed by atoms with E-state index in [1.54, 1.807) is 18.3 Å². The molecule has 1 fully saturated rings. The molecule has 0 saturated heterocycles. The van der Waals surface area contributed by atoms with Crippen molar-refractivity contribution in [2.45, 2.75) is 57.0 Å². The Bertz CT molecular complexity index is 1270. The van der Waals surface area contributed by atoms with Gasteiger partial charge in [-0.15, -0.1) is 11.3 Å². The summed E-state index contributed by atoms with van der Waals surface area (Å²) in [6.07, 6.45) is 5.14. The van der Waals surface area contributed by atoms with Gasteiger partial charge < -0.3 is 5.11 Å². The van der Waals surface area contributed by atoms with Crippen LogP contribution in [-0.4, -0.2) is 10.9 Å². The number of ketones is 1. The highest BCUT2D eigenvalue weighted by Gasteiger charge is 2.44. The quantitative estimate of drug-likeness (QED) is 0.249. The van der Waals surface area contributed by atoms with Crippen molar-refractivity contribution < 1.29 is 9.90 Å². The SMILES string of the molecule is CC(=O)CC1(c2ccc(-c3ccc(-c4sccc4C(O)CCCc4ccccc4)cc3)cc2)CC1. The zero-order valence-corrected chi connectivity index (χ0v) is 21.1. The van der Waals surface area contributed by atoms with Crippen molar-refractivity contribution in [2.75, 3.05) is 0 Å². The van der Waals surface area contributed by atoms with E-state index in [1.165, 1.54) is 22.3 Å². The highest BCUT2D eigenvalue weighted by Crippen LogP contribution is 2.51. The van der Waals surface area contributed by atoms with Crippen LogP contribution in [0.5, 0.6) is 0 Å². The first kappa shape index (κ1) is 23.7. The molecule has 0 aliphatic heterocycles. The van der Waals surface area contributed by atoms with E-state index in [0.717, 1.165) is 48.1 Å². The highest BCUT2D eigenvalue weighted by atomic mass is 32.1. The zero-order chi connectivity index (χ0) is 24.3. The maximum absolute atomic E-state index is 11.7. The first-order valence-corrected chi connectivity index (χ1v) is 13.4. The second-order valence-corrected chi connectivity index (χ2v) is 10.8. The topological polar surface area (TPSA) is 37.3 Å². The van der Waals surface area contributed by atoms with Crippen LogP contribution in [0.3, 0.4) is 0 Å². The Morgan fingerprint density at radius 2 is 1.51 bits per heavy atom. The average molecular weight is 481 g/mol. The van der Waals surface area contributed by atoms with E-state index < -0.39 is 6.10 Å². The number of hydrogen-bond acceptors (Lipinski definition) is 3. The monoisotopic (exact) mass is 480 g/mol. The largest absolute Gasteiger partial charge is 0.388 e. The molecule has 3 heteroatoms. The third-order valence-electron chi connectivity index (χ3n) is 7.26. The molecule has 3 aromatic carbocycles. The van der Waals surface area contributed by atoms with Gasteiger partial charge >= 0.3 is 0 Å². The molecule has 0 bridgehead atoms. The first-order valence-electron chi connectivity index (χ1n) is 12.5. The number of hydrogen-bond donors (Lipinski definition) is 1. The molecule has 1 heterocycles. The molecule has 0 spiro atoms. The number of carbonyl (C=O) groups is 1. The second-order valence-electron chi connectivity index (χ2n) is 9.91. The Morgan fingerprint density at radius 3 is 2.14 bits per heavy atom. The summed E-state index contributed by atoms with van der Waals surface area (Å²) >= 11 is 1.69. The summed E-state index contributed by atoms with van der Waals surface area (Å²) in [6, 6.07) is 29.9. The van der Waals surface area contributed by atoms with Gasteiger partial charge in [-0.1, -0.05) is 78.9 Å². The lowest BCUT2D eigenvalue weighted by atomic mass is 9.89. The Morgan fingerprint density at radius 1 is 0.886 bits per heavy atom. The second kappa shape index (κ2) is 10.3. The molecule has 0 amide bonds. The summed E-state index contributed by atoms with van der Waals surface area (Å²) in [5, 5.41) is 13.0. The van der Waals surface area contributed by atoms with E-state index in [9.17, 15) is 9.90 Å². The van der Waals surface area contributed by atoms with Gasteiger partial charge in [0, 0.05) is 16.7 Å². The van der Waals surface area contributed by atoms with Crippen LogP contribution in [-0.2, 0) is 16.6 Å². The number of aliphatic hydroxyl groups excluding tert-OH is 1. The van der Waals surface area contributed by atoms with Crippen molar-refractivity contribution in [3.05, 3.63) is 107 Å². The van der Waals surface area contributed by atoms with Crippen molar-refractivity contribution in [1.82, 2.24) is 0 Å². The number of Topliss-reactive ketones (excluding diaryl/α,β-unsaturated/α-hetero) is 1. The third kappa shape index (κ3) is 5.47. The van der Waals surface area contributed by atoms with Gasteiger partial charge in [0.1, 0.15) is 5.78 Å². The summed E-state index contributed by atoms with van der Waals surface area (Å²) in [6.45, 7) is 1.69. The molecule has 1 saturated carbocycles. The molecule has 1 aromatic heterocycles. The fraction of sp³-hybridized carbons (Fsp3) is 0.281. The van der Waals surface area contributed by atoms with Gasteiger partial charge in [-0.3, -0.25) is 4.79 Å². The summed E-state index contributed by atoms with van der Waals surface area (Å²) in [4.78, 5) is 12.8. The van der Waals surface area contributed by atoms with Crippen molar-refractivity contribution in [2.24, 2.45) is 0 Å². The van der Waals surface area contributed by atoms with E-state index in [-0.39, 0.29) is 11.2 Å². The molecule has 5 rings (SSSR count). The predicted octanol–water partition coefficient (Wildman–Crippen LogP) is 8.15. The molecule has 178 valence electrons. The summed E-state index contributed by atoms with van der Waals surface area (Å²) in [5.74, 6) is 0.274. The van der Waals surface area contributed by atoms with E-state index in [4.69, 9.17) is 0 Å². The van der Waals surface area contributed by atoms with Crippen LogP contribution in [0.1, 0.15) is 61.8 Å². The van der Waals surface area contributed by atoms with E-state index in [2.05, 4.69) is 84.2 Å². The lowest BCUT2D eigenvalue weighted by Crippen LogP contribution is -2.11. The number of rotatable bonds is 10. The lowest BCUT2D eigenvalue weighted by Gasteiger charge is -2.15.